The predicted octanol–water partition coefficient (Wildman–Crippen LogP) is 3.14. The number of halogens is 1. The van der Waals surface area contributed by atoms with E-state index in [2.05, 4.69) is 27.5 Å². The molecule has 1 aromatic heterocycles. The maximum absolute atomic E-state index is 13.3. The molecule has 3 aliphatic rings. The van der Waals surface area contributed by atoms with Gasteiger partial charge in [-0.1, -0.05) is 6.07 Å². The lowest BCUT2D eigenvalue weighted by Gasteiger charge is -2.47. The molecule has 2 N–H and O–H groups in total. The first-order valence-corrected chi connectivity index (χ1v) is 11.5. The SMILES string of the molecule is CN1CCC(N2C[C@@H]3C[C@H](C2)c2ccc(NC(=O)Nc4cccc(F)c4)c(=O)n2C3)CC1. The molecule has 2 fully saturated rings. The van der Waals surface area contributed by atoms with Crippen LogP contribution in [0.3, 0.4) is 0 Å². The van der Waals surface area contributed by atoms with Crippen molar-refractivity contribution in [1.29, 1.82) is 0 Å². The summed E-state index contributed by atoms with van der Waals surface area (Å²) in [5.41, 5.74) is 1.48. The maximum Gasteiger partial charge on any atom is 0.323 e. The standard InChI is InChI=1S/C24H30FN5O2/c1-28-9-7-20(8-10-28)29-13-16-11-17(15-29)22-6-5-21(23(31)30(22)14-16)27-24(32)26-19-4-2-3-18(25)12-19/h2-6,12,16-17,20H,7-11,13-15H2,1H3,(H2,26,27,32)/t16-,17+/m0/s1. The Morgan fingerprint density at radius 1 is 1.06 bits per heavy atom. The smallest absolute Gasteiger partial charge is 0.310 e. The number of fused-ring (bicyclic) bond motifs is 4. The van der Waals surface area contributed by atoms with Crippen molar-refractivity contribution in [2.75, 3.05) is 43.9 Å². The van der Waals surface area contributed by atoms with Crippen molar-refractivity contribution in [2.45, 2.75) is 37.8 Å². The minimum absolute atomic E-state index is 0.167. The van der Waals surface area contributed by atoms with Crippen LogP contribution in [-0.2, 0) is 6.54 Å². The summed E-state index contributed by atoms with van der Waals surface area (Å²) < 4.78 is 15.2. The number of anilines is 2. The quantitative estimate of drug-likeness (QED) is 0.771. The van der Waals surface area contributed by atoms with Crippen LogP contribution in [0.2, 0.25) is 0 Å². The summed E-state index contributed by atoms with van der Waals surface area (Å²) in [5, 5.41) is 5.21. The third-order valence-corrected chi connectivity index (χ3v) is 7.17. The van der Waals surface area contributed by atoms with Crippen LogP contribution in [0.15, 0.2) is 41.2 Å². The second kappa shape index (κ2) is 8.67. The largest absolute Gasteiger partial charge is 0.323 e. The van der Waals surface area contributed by atoms with E-state index in [1.165, 1.54) is 31.0 Å². The van der Waals surface area contributed by atoms with Crippen molar-refractivity contribution in [3.05, 3.63) is 58.3 Å². The van der Waals surface area contributed by atoms with Crippen LogP contribution >= 0.6 is 0 Å². The molecule has 0 unspecified atom stereocenters. The number of nitrogens with zero attached hydrogens (tertiary/aromatic N) is 3. The number of hydrogen-bond acceptors (Lipinski definition) is 4. The number of benzene rings is 1. The summed E-state index contributed by atoms with van der Waals surface area (Å²) in [6.45, 7) is 5.03. The number of nitrogens with one attached hydrogen (secondary N) is 2. The van der Waals surface area contributed by atoms with Gasteiger partial charge in [0, 0.05) is 43.0 Å². The van der Waals surface area contributed by atoms with E-state index in [0.29, 0.717) is 30.1 Å². The van der Waals surface area contributed by atoms with Gasteiger partial charge in [0.15, 0.2) is 0 Å². The van der Waals surface area contributed by atoms with Crippen LogP contribution in [0, 0.1) is 11.7 Å². The highest BCUT2D eigenvalue weighted by Crippen LogP contribution is 2.37. The van der Waals surface area contributed by atoms with E-state index in [-0.39, 0.29) is 11.2 Å². The molecular formula is C24H30FN5O2. The van der Waals surface area contributed by atoms with Gasteiger partial charge in [-0.15, -0.1) is 0 Å². The number of carbonyl (C=O) groups is 1. The monoisotopic (exact) mass is 439 g/mol. The fourth-order valence-corrected chi connectivity index (χ4v) is 5.59. The summed E-state index contributed by atoms with van der Waals surface area (Å²) in [7, 11) is 2.19. The fourth-order valence-electron chi connectivity index (χ4n) is 5.59. The van der Waals surface area contributed by atoms with Crippen LogP contribution in [0.1, 0.15) is 30.9 Å². The van der Waals surface area contributed by atoms with Crippen molar-refractivity contribution in [2.24, 2.45) is 5.92 Å². The molecule has 2 atom stereocenters. The summed E-state index contributed by atoms with van der Waals surface area (Å²) in [5.74, 6) is 0.373. The van der Waals surface area contributed by atoms with Crippen LogP contribution in [0.25, 0.3) is 0 Å². The van der Waals surface area contributed by atoms with E-state index in [1.54, 1.807) is 12.1 Å². The van der Waals surface area contributed by atoms with E-state index in [0.717, 1.165) is 38.3 Å². The van der Waals surface area contributed by atoms with Gasteiger partial charge >= 0.3 is 6.03 Å². The minimum Gasteiger partial charge on any atom is -0.310 e. The Labute approximate surface area is 187 Å². The lowest BCUT2D eigenvalue weighted by Crippen LogP contribution is -2.53. The van der Waals surface area contributed by atoms with Crippen LogP contribution in [-0.4, -0.2) is 59.7 Å². The van der Waals surface area contributed by atoms with Gasteiger partial charge in [0.2, 0.25) is 0 Å². The van der Waals surface area contributed by atoms with E-state index in [1.807, 2.05) is 10.6 Å². The molecule has 8 heteroatoms. The second-order valence-electron chi connectivity index (χ2n) is 9.46. The first-order valence-electron chi connectivity index (χ1n) is 11.5. The van der Waals surface area contributed by atoms with Gasteiger partial charge in [0.1, 0.15) is 11.5 Å². The molecule has 2 saturated heterocycles. The zero-order chi connectivity index (χ0) is 22.2. The zero-order valence-electron chi connectivity index (χ0n) is 18.4. The minimum atomic E-state index is -0.558. The van der Waals surface area contributed by atoms with Crippen molar-refractivity contribution in [1.82, 2.24) is 14.4 Å². The summed E-state index contributed by atoms with van der Waals surface area (Å²) in [6, 6.07) is 9.43. The third kappa shape index (κ3) is 4.29. The summed E-state index contributed by atoms with van der Waals surface area (Å²) in [4.78, 5) is 30.5. The molecule has 0 saturated carbocycles. The highest BCUT2D eigenvalue weighted by atomic mass is 19.1. The highest BCUT2D eigenvalue weighted by molar-refractivity contribution is 5.99. The van der Waals surface area contributed by atoms with Crippen LogP contribution in [0.4, 0.5) is 20.6 Å². The topological polar surface area (TPSA) is 69.6 Å². The molecular weight excluding hydrogens is 409 g/mol. The number of carbonyl (C=O) groups excluding carboxylic acids is 1. The molecule has 2 bridgehead atoms. The number of amides is 2. The molecule has 5 rings (SSSR count). The van der Waals surface area contributed by atoms with Crippen LogP contribution in [0.5, 0.6) is 0 Å². The lowest BCUT2D eigenvalue weighted by molar-refractivity contribution is 0.0517. The molecule has 2 amide bonds. The molecule has 0 spiro atoms. The molecule has 0 aliphatic carbocycles. The van der Waals surface area contributed by atoms with Gasteiger partial charge in [-0.25, -0.2) is 9.18 Å². The first kappa shape index (κ1) is 21.2. The van der Waals surface area contributed by atoms with Gasteiger partial charge in [-0.05, 0) is 75.6 Å². The van der Waals surface area contributed by atoms with Crippen molar-refractivity contribution in [3.8, 4) is 0 Å². The van der Waals surface area contributed by atoms with Gasteiger partial charge < -0.3 is 20.1 Å². The number of rotatable bonds is 3. The van der Waals surface area contributed by atoms with Gasteiger partial charge in [0.25, 0.3) is 5.56 Å². The molecule has 170 valence electrons. The number of likely N-dealkylation sites (tertiary alicyclic amines) is 2. The molecule has 0 radical (unpaired) electrons. The Bertz CT molecular complexity index is 1060. The molecule has 4 heterocycles. The van der Waals surface area contributed by atoms with Crippen molar-refractivity contribution < 1.29 is 9.18 Å². The number of hydrogen-bond donors (Lipinski definition) is 2. The van der Waals surface area contributed by atoms with Crippen molar-refractivity contribution >= 4 is 17.4 Å². The summed E-state index contributed by atoms with van der Waals surface area (Å²) in [6.07, 6.45) is 3.55. The number of pyridine rings is 1. The average molecular weight is 440 g/mol. The van der Waals surface area contributed by atoms with Crippen LogP contribution < -0.4 is 16.2 Å². The summed E-state index contributed by atoms with van der Waals surface area (Å²) >= 11 is 0. The van der Waals surface area contributed by atoms with Gasteiger partial charge in [-0.3, -0.25) is 9.69 Å². The molecule has 3 aliphatic heterocycles. The van der Waals surface area contributed by atoms with E-state index < -0.39 is 11.8 Å². The van der Waals surface area contributed by atoms with Gasteiger partial charge in [-0.2, -0.15) is 0 Å². The Morgan fingerprint density at radius 2 is 1.88 bits per heavy atom. The normalized spacial score (nSPS) is 24.1. The Kier molecular flexibility index (Phi) is 5.73. The molecule has 1 aromatic carbocycles. The Hall–Kier alpha value is -2.71. The second-order valence-corrected chi connectivity index (χ2v) is 9.46. The molecule has 2 aromatic rings. The predicted molar refractivity (Wildman–Crippen MR) is 123 cm³/mol. The zero-order valence-corrected chi connectivity index (χ0v) is 18.4. The Balaban J connectivity index is 1.30. The maximum atomic E-state index is 13.3. The van der Waals surface area contributed by atoms with E-state index in [4.69, 9.17) is 0 Å². The van der Waals surface area contributed by atoms with E-state index in [9.17, 15) is 14.0 Å². The first-order chi connectivity index (χ1) is 15.5. The van der Waals surface area contributed by atoms with Crippen molar-refractivity contribution in [3.63, 3.8) is 0 Å². The number of aromatic nitrogens is 1. The number of urea groups is 1. The molecule has 7 nitrogen and oxygen atoms in total. The van der Waals surface area contributed by atoms with E-state index >= 15 is 0 Å². The number of piperidine rings is 2. The fraction of sp³-hybridized carbons (Fsp3) is 0.500. The molecule has 32 heavy (non-hydrogen) atoms. The lowest BCUT2D eigenvalue weighted by atomic mass is 9.82. The Morgan fingerprint density at radius 3 is 2.66 bits per heavy atom. The third-order valence-electron chi connectivity index (χ3n) is 7.17. The average Bonchev–Trinajstić information content (AvgIpc) is 2.76. The van der Waals surface area contributed by atoms with Gasteiger partial charge in [0.05, 0.1) is 0 Å². The highest BCUT2D eigenvalue weighted by Gasteiger charge is 2.37.